The number of likely N-dealkylation sites (N-methyl/N-ethyl adjacent to an activating group) is 1. The Morgan fingerprint density at radius 2 is 2.05 bits per heavy atom. The molecular formula is C16H22N2O. The maximum absolute atomic E-state index is 6.23. The first-order chi connectivity index (χ1) is 9.08. The molecule has 2 aromatic rings. The lowest BCUT2D eigenvalue weighted by molar-refractivity contribution is 0.0874. The third-order valence-electron chi connectivity index (χ3n) is 3.48. The highest BCUT2D eigenvalue weighted by atomic mass is 16.5. The van der Waals surface area contributed by atoms with E-state index in [4.69, 9.17) is 4.74 Å². The van der Waals surface area contributed by atoms with Gasteiger partial charge in [-0.25, -0.2) is 4.98 Å². The van der Waals surface area contributed by atoms with E-state index >= 15 is 0 Å². The number of pyridine rings is 1. The van der Waals surface area contributed by atoms with Crippen molar-refractivity contribution >= 4 is 10.9 Å². The molecule has 0 aliphatic carbocycles. The van der Waals surface area contributed by atoms with Gasteiger partial charge in [-0.05, 0) is 39.4 Å². The Morgan fingerprint density at radius 3 is 2.74 bits per heavy atom. The van der Waals surface area contributed by atoms with Crippen LogP contribution in [0.4, 0.5) is 0 Å². The number of fused-ring (bicyclic) bond motifs is 1. The first-order valence-electron chi connectivity index (χ1n) is 6.78. The largest absolute Gasteiger partial charge is 0.484 e. The second-order valence-electron chi connectivity index (χ2n) is 5.22. The van der Waals surface area contributed by atoms with Crippen molar-refractivity contribution in [3.8, 4) is 5.75 Å². The Bertz CT molecular complexity index is 568. The number of nitrogens with zero attached hydrogens (tertiary/aromatic N) is 1. The molecule has 0 saturated heterocycles. The fourth-order valence-electron chi connectivity index (χ4n) is 2.17. The molecule has 1 heterocycles. The number of para-hydroxylation sites is 1. The van der Waals surface area contributed by atoms with Gasteiger partial charge in [0.1, 0.15) is 16.9 Å². The summed E-state index contributed by atoms with van der Waals surface area (Å²) in [6.07, 6.45) is 0.941. The number of benzene rings is 1. The Hall–Kier alpha value is -1.61. The number of aryl methyl sites for hydroxylation is 1. The summed E-state index contributed by atoms with van der Waals surface area (Å²) in [6, 6.07) is 10.2. The van der Waals surface area contributed by atoms with Crippen molar-refractivity contribution in [2.24, 2.45) is 0 Å². The van der Waals surface area contributed by atoms with E-state index in [-0.39, 0.29) is 5.60 Å². The van der Waals surface area contributed by atoms with Crippen molar-refractivity contribution < 1.29 is 4.74 Å². The second kappa shape index (κ2) is 5.57. The van der Waals surface area contributed by atoms with E-state index < -0.39 is 0 Å². The zero-order valence-electron chi connectivity index (χ0n) is 12.2. The lowest BCUT2D eigenvalue weighted by Gasteiger charge is -2.29. The molecule has 1 atom stereocenters. The zero-order chi connectivity index (χ0) is 13.9. The molecule has 1 unspecified atom stereocenters. The summed E-state index contributed by atoms with van der Waals surface area (Å²) in [7, 11) is 1.95. The third kappa shape index (κ3) is 3.04. The minimum absolute atomic E-state index is 0.214. The first kappa shape index (κ1) is 13.8. The Balaban J connectivity index is 2.42. The number of aromatic nitrogens is 1. The van der Waals surface area contributed by atoms with E-state index in [0.29, 0.717) is 0 Å². The molecule has 19 heavy (non-hydrogen) atoms. The molecule has 0 aliphatic heterocycles. The molecule has 0 aliphatic rings. The summed E-state index contributed by atoms with van der Waals surface area (Å²) in [5.74, 6) is 0.862. The highest BCUT2D eigenvalue weighted by Crippen LogP contribution is 2.28. The van der Waals surface area contributed by atoms with E-state index in [0.717, 1.165) is 35.3 Å². The van der Waals surface area contributed by atoms with Crippen LogP contribution in [0, 0.1) is 6.92 Å². The van der Waals surface area contributed by atoms with E-state index in [2.05, 4.69) is 36.3 Å². The van der Waals surface area contributed by atoms with Gasteiger partial charge in [-0.1, -0.05) is 25.1 Å². The van der Waals surface area contributed by atoms with Gasteiger partial charge in [0, 0.05) is 17.6 Å². The number of nitrogens with one attached hydrogen (secondary N) is 1. The van der Waals surface area contributed by atoms with Crippen LogP contribution in [0.15, 0.2) is 30.3 Å². The van der Waals surface area contributed by atoms with Crippen LogP contribution in [0.2, 0.25) is 0 Å². The summed E-state index contributed by atoms with van der Waals surface area (Å²) >= 11 is 0. The molecular weight excluding hydrogens is 236 g/mol. The zero-order valence-corrected chi connectivity index (χ0v) is 12.2. The summed E-state index contributed by atoms with van der Waals surface area (Å²) in [5.41, 5.74) is 1.74. The topological polar surface area (TPSA) is 34.1 Å². The number of hydrogen-bond donors (Lipinski definition) is 1. The van der Waals surface area contributed by atoms with Gasteiger partial charge in [0.15, 0.2) is 0 Å². The highest BCUT2D eigenvalue weighted by molar-refractivity contribution is 5.84. The maximum atomic E-state index is 6.23. The fourth-order valence-corrected chi connectivity index (χ4v) is 2.17. The summed E-state index contributed by atoms with van der Waals surface area (Å²) in [5, 5.41) is 4.31. The van der Waals surface area contributed by atoms with Gasteiger partial charge in [-0.2, -0.15) is 0 Å². The average Bonchev–Trinajstić information content (AvgIpc) is 2.40. The predicted octanol–water partition coefficient (Wildman–Crippen LogP) is 3.31. The molecule has 1 aromatic heterocycles. The quantitative estimate of drug-likeness (QED) is 0.893. The second-order valence-corrected chi connectivity index (χ2v) is 5.22. The lowest BCUT2D eigenvalue weighted by Crippen LogP contribution is -2.41. The van der Waals surface area contributed by atoms with Gasteiger partial charge in [-0.15, -0.1) is 0 Å². The van der Waals surface area contributed by atoms with Crippen molar-refractivity contribution in [3.63, 3.8) is 0 Å². The van der Waals surface area contributed by atoms with Crippen LogP contribution in [0.5, 0.6) is 5.75 Å². The normalized spacial score (nSPS) is 14.3. The molecule has 2 rings (SSSR count). The molecule has 0 bridgehead atoms. The summed E-state index contributed by atoms with van der Waals surface area (Å²) in [4.78, 5) is 4.61. The average molecular weight is 258 g/mol. The van der Waals surface area contributed by atoms with Crippen molar-refractivity contribution in [2.75, 3.05) is 13.6 Å². The molecule has 3 nitrogen and oxygen atoms in total. The van der Waals surface area contributed by atoms with Crippen LogP contribution in [0.25, 0.3) is 10.9 Å². The Morgan fingerprint density at radius 1 is 1.26 bits per heavy atom. The van der Waals surface area contributed by atoms with Crippen LogP contribution >= 0.6 is 0 Å². The molecule has 3 heteroatoms. The van der Waals surface area contributed by atoms with Crippen LogP contribution < -0.4 is 10.1 Å². The monoisotopic (exact) mass is 258 g/mol. The van der Waals surface area contributed by atoms with Gasteiger partial charge in [-0.3, -0.25) is 0 Å². The summed E-state index contributed by atoms with van der Waals surface area (Å²) in [6.45, 7) is 7.08. The lowest BCUT2D eigenvalue weighted by atomic mass is 10.0. The van der Waals surface area contributed by atoms with E-state index in [9.17, 15) is 0 Å². The first-order valence-corrected chi connectivity index (χ1v) is 6.78. The molecule has 102 valence electrons. The standard InChI is InChI=1S/C16H22N2O/c1-5-16(3,11-17-4)19-14-8-6-7-13-10-9-12(2)18-15(13)14/h6-10,17H,5,11H2,1-4H3. The predicted molar refractivity (Wildman–Crippen MR) is 79.7 cm³/mol. The van der Waals surface area contributed by atoms with Gasteiger partial charge in [0.25, 0.3) is 0 Å². The van der Waals surface area contributed by atoms with Crippen molar-refractivity contribution in [3.05, 3.63) is 36.0 Å². The molecule has 1 aromatic carbocycles. The van der Waals surface area contributed by atoms with Crippen molar-refractivity contribution in [2.45, 2.75) is 32.8 Å². The van der Waals surface area contributed by atoms with Gasteiger partial charge in [0.05, 0.1) is 0 Å². The fraction of sp³-hybridized carbons (Fsp3) is 0.438. The molecule has 0 spiro atoms. The highest BCUT2D eigenvalue weighted by Gasteiger charge is 2.24. The van der Waals surface area contributed by atoms with Crippen molar-refractivity contribution in [1.82, 2.24) is 10.3 Å². The molecule has 0 amide bonds. The smallest absolute Gasteiger partial charge is 0.146 e. The SMILES string of the molecule is CCC(C)(CNC)Oc1cccc2ccc(C)nc12. The van der Waals surface area contributed by atoms with Crippen LogP contribution in [0.3, 0.4) is 0 Å². The van der Waals surface area contributed by atoms with Gasteiger partial charge >= 0.3 is 0 Å². The minimum Gasteiger partial charge on any atom is -0.484 e. The molecule has 0 saturated carbocycles. The molecule has 0 fully saturated rings. The van der Waals surface area contributed by atoms with E-state index in [1.165, 1.54) is 0 Å². The summed E-state index contributed by atoms with van der Waals surface area (Å²) < 4.78 is 6.23. The van der Waals surface area contributed by atoms with Gasteiger partial charge < -0.3 is 10.1 Å². The van der Waals surface area contributed by atoms with E-state index in [1.807, 2.05) is 32.2 Å². The molecule has 1 N–H and O–H groups in total. The van der Waals surface area contributed by atoms with Crippen LogP contribution in [0.1, 0.15) is 26.0 Å². The maximum Gasteiger partial charge on any atom is 0.146 e. The van der Waals surface area contributed by atoms with Gasteiger partial charge in [0.2, 0.25) is 0 Å². The minimum atomic E-state index is -0.214. The third-order valence-corrected chi connectivity index (χ3v) is 3.48. The number of hydrogen-bond acceptors (Lipinski definition) is 3. The van der Waals surface area contributed by atoms with Crippen LogP contribution in [-0.4, -0.2) is 24.2 Å². The van der Waals surface area contributed by atoms with E-state index in [1.54, 1.807) is 0 Å². The van der Waals surface area contributed by atoms with Crippen molar-refractivity contribution in [1.29, 1.82) is 0 Å². The number of rotatable bonds is 5. The Labute approximate surface area is 115 Å². The Kier molecular flexibility index (Phi) is 4.05. The molecule has 0 radical (unpaired) electrons. The van der Waals surface area contributed by atoms with Crippen LogP contribution in [-0.2, 0) is 0 Å². The number of ether oxygens (including phenoxy) is 1.